The highest BCUT2D eigenvalue weighted by Crippen LogP contribution is 2.00. The van der Waals surface area contributed by atoms with E-state index in [1.807, 2.05) is 13.3 Å². The Morgan fingerprint density at radius 1 is 1.54 bits per heavy atom. The average Bonchev–Trinajstić information content (AvgIpc) is 2.10. The lowest BCUT2D eigenvalue weighted by Gasteiger charge is -2.13. The maximum Gasteiger partial charge on any atom is 0.320 e. The van der Waals surface area contributed by atoms with Crippen LogP contribution in [0.2, 0.25) is 0 Å². The van der Waals surface area contributed by atoms with Crippen molar-refractivity contribution in [2.24, 2.45) is 0 Å². The van der Waals surface area contributed by atoms with Crippen molar-refractivity contribution < 1.29 is 9.90 Å². The molecule has 3 N–H and O–H groups in total. The van der Waals surface area contributed by atoms with E-state index in [4.69, 9.17) is 5.11 Å². The lowest BCUT2D eigenvalue weighted by Crippen LogP contribution is -2.40. The van der Waals surface area contributed by atoms with Gasteiger partial charge in [-0.05, 0) is 25.5 Å². The van der Waals surface area contributed by atoms with Gasteiger partial charge in [-0.2, -0.15) is 11.8 Å². The number of hydrogen-bond acceptors (Lipinski definition) is 4. The summed E-state index contributed by atoms with van der Waals surface area (Å²) >= 11 is 1.67. The summed E-state index contributed by atoms with van der Waals surface area (Å²) < 4.78 is 0. The molecule has 0 saturated carbocycles. The molecule has 0 rings (SSSR count). The van der Waals surface area contributed by atoms with Gasteiger partial charge in [-0.1, -0.05) is 0 Å². The third-order valence-electron chi connectivity index (χ3n) is 1.67. The van der Waals surface area contributed by atoms with Crippen LogP contribution >= 0.6 is 11.8 Å². The predicted octanol–water partition coefficient (Wildman–Crippen LogP) is 0.00170. The molecule has 1 atom stereocenters. The zero-order chi connectivity index (χ0) is 10.1. The fourth-order valence-electron chi connectivity index (χ4n) is 0.920. The van der Waals surface area contributed by atoms with Crippen molar-refractivity contribution in [1.82, 2.24) is 10.6 Å². The van der Waals surface area contributed by atoms with Crippen LogP contribution in [0, 0.1) is 0 Å². The summed E-state index contributed by atoms with van der Waals surface area (Å²) in [6.07, 6.45) is 2.66. The second kappa shape index (κ2) is 8.34. The molecule has 0 aromatic rings. The summed E-state index contributed by atoms with van der Waals surface area (Å²) in [6, 6.07) is -0.402. The molecule has 0 fully saturated rings. The Bertz CT molecular complexity index is 144. The molecule has 13 heavy (non-hydrogen) atoms. The van der Waals surface area contributed by atoms with Crippen LogP contribution in [0.1, 0.15) is 6.42 Å². The Balaban J connectivity index is 3.61. The largest absolute Gasteiger partial charge is 0.480 e. The number of likely N-dealkylation sites (N-methyl/N-ethyl adjacent to an activating group) is 1. The van der Waals surface area contributed by atoms with Gasteiger partial charge in [0.25, 0.3) is 0 Å². The number of hydrogen-bond donors (Lipinski definition) is 3. The highest BCUT2D eigenvalue weighted by Gasteiger charge is 2.14. The summed E-state index contributed by atoms with van der Waals surface area (Å²) in [6.45, 7) is 1.49. The molecular formula is C8H18N2O2S. The summed E-state index contributed by atoms with van der Waals surface area (Å²) in [5, 5.41) is 14.7. The number of carboxylic acids is 1. The van der Waals surface area contributed by atoms with Crippen molar-refractivity contribution in [3.8, 4) is 0 Å². The van der Waals surface area contributed by atoms with Gasteiger partial charge >= 0.3 is 5.97 Å². The Hall–Kier alpha value is -0.260. The Kier molecular flexibility index (Phi) is 8.18. The van der Waals surface area contributed by atoms with Crippen molar-refractivity contribution in [1.29, 1.82) is 0 Å². The van der Waals surface area contributed by atoms with E-state index in [0.29, 0.717) is 13.0 Å². The minimum Gasteiger partial charge on any atom is -0.480 e. The monoisotopic (exact) mass is 206 g/mol. The molecule has 0 spiro atoms. The molecule has 5 heteroatoms. The van der Waals surface area contributed by atoms with E-state index in [1.54, 1.807) is 11.8 Å². The molecule has 0 saturated heterocycles. The zero-order valence-corrected chi connectivity index (χ0v) is 8.99. The number of carbonyl (C=O) groups is 1. The van der Waals surface area contributed by atoms with Crippen molar-refractivity contribution in [2.75, 3.05) is 32.1 Å². The first-order chi connectivity index (χ1) is 6.22. The summed E-state index contributed by atoms with van der Waals surface area (Å²) in [5.74, 6) is 0.119. The van der Waals surface area contributed by atoms with Crippen LogP contribution in [0.15, 0.2) is 0 Å². The number of carboxylic acid groups (broad SMARTS) is 1. The molecule has 78 valence electrons. The lowest BCUT2D eigenvalue weighted by atomic mass is 10.2. The second-order valence-corrected chi connectivity index (χ2v) is 3.72. The number of nitrogens with one attached hydrogen (secondary N) is 2. The summed E-state index contributed by atoms with van der Waals surface area (Å²) in [4.78, 5) is 10.7. The number of thioether (sulfide) groups is 1. The standard InChI is InChI=1S/C8H18N2O2S/c1-9-4-5-10-7(8(11)12)3-6-13-2/h7,9-10H,3-6H2,1-2H3,(H,11,12)/t7-/m0/s1. The SMILES string of the molecule is CNCCN[C@@H](CCSC)C(=O)O. The Morgan fingerprint density at radius 2 is 2.23 bits per heavy atom. The minimum absolute atomic E-state index is 0.402. The van der Waals surface area contributed by atoms with Gasteiger partial charge in [-0.15, -0.1) is 0 Å². The quantitative estimate of drug-likeness (QED) is 0.488. The van der Waals surface area contributed by atoms with E-state index in [9.17, 15) is 4.79 Å². The molecule has 0 aromatic carbocycles. The van der Waals surface area contributed by atoms with Gasteiger partial charge in [0.05, 0.1) is 0 Å². The van der Waals surface area contributed by atoms with E-state index in [0.717, 1.165) is 12.3 Å². The summed E-state index contributed by atoms with van der Waals surface area (Å²) in [7, 11) is 1.85. The van der Waals surface area contributed by atoms with Crippen molar-refractivity contribution >= 4 is 17.7 Å². The van der Waals surface area contributed by atoms with E-state index in [2.05, 4.69) is 10.6 Å². The highest BCUT2D eigenvalue weighted by molar-refractivity contribution is 7.98. The lowest BCUT2D eigenvalue weighted by molar-refractivity contribution is -0.139. The highest BCUT2D eigenvalue weighted by atomic mass is 32.2. The first kappa shape index (κ1) is 12.7. The van der Waals surface area contributed by atoms with E-state index < -0.39 is 12.0 Å². The van der Waals surface area contributed by atoms with Gasteiger partial charge in [0.15, 0.2) is 0 Å². The first-order valence-corrected chi connectivity index (χ1v) is 5.71. The molecule has 0 amide bonds. The molecule has 0 aromatic heterocycles. The van der Waals surface area contributed by atoms with E-state index >= 15 is 0 Å². The average molecular weight is 206 g/mol. The number of aliphatic carboxylic acids is 1. The van der Waals surface area contributed by atoms with Gasteiger partial charge in [-0.3, -0.25) is 4.79 Å². The van der Waals surface area contributed by atoms with Crippen LogP contribution in [-0.2, 0) is 4.79 Å². The number of rotatable bonds is 8. The smallest absolute Gasteiger partial charge is 0.320 e. The maximum atomic E-state index is 10.7. The van der Waals surface area contributed by atoms with Crippen LogP contribution in [0.5, 0.6) is 0 Å². The molecular weight excluding hydrogens is 188 g/mol. The second-order valence-electron chi connectivity index (χ2n) is 2.73. The van der Waals surface area contributed by atoms with E-state index in [1.165, 1.54) is 0 Å². The topological polar surface area (TPSA) is 61.4 Å². The molecule has 4 nitrogen and oxygen atoms in total. The third-order valence-corrected chi connectivity index (χ3v) is 2.32. The van der Waals surface area contributed by atoms with Gasteiger partial charge < -0.3 is 15.7 Å². The molecule has 0 radical (unpaired) electrons. The normalized spacial score (nSPS) is 12.8. The first-order valence-electron chi connectivity index (χ1n) is 4.32. The molecule has 0 aliphatic heterocycles. The van der Waals surface area contributed by atoms with Crippen LogP contribution in [0.25, 0.3) is 0 Å². The van der Waals surface area contributed by atoms with Crippen molar-refractivity contribution in [3.63, 3.8) is 0 Å². The molecule has 0 aliphatic rings. The van der Waals surface area contributed by atoms with Crippen molar-refractivity contribution in [3.05, 3.63) is 0 Å². The van der Waals surface area contributed by atoms with Crippen LogP contribution in [0.4, 0.5) is 0 Å². The minimum atomic E-state index is -0.759. The van der Waals surface area contributed by atoms with E-state index in [-0.39, 0.29) is 0 Å². The summed E-state index contributed by atoms with van der Waals surface area (Å²) in [5.41, 5.74) is 0. The van der Waals surface area contributed by atoms with Gasteiger partial charge in [0.2, 0.25) is 0 Å². The van der Waals surface area contributed by atoms with Gasteiger partial charge in [0.1, 0.15) is 6.04 Å². The Morgan fingerprint density at radius 3 is 2.69 bits per heavy atom. The van der Waals surface area contributed by atoms with Crippen LogP contribution < -0.4 is 10.6 Å². The van der Waals surface area contributed by atoms with Crippen LogP contribution in [-0.4, -0.2) is 49.3 Å². The molecule has 0 aliphatic carbocycles. The fourth-order valence-corrected chi connectivity index (χ4v) is 1.39. The fraction of sp³-hybridized carbons (Fsp3) is 0.875. The zero-order valence-electron chi connectivity index (χ0n) is 8.17. The Labute approximate surface area is 83.5 Å². The maximum absolute atomic E-state index is 10.7. The van der Waals surface area contributed by atoms with Crippen LogP contribution in [0.3, 0.4) is 0 Å². The van der Waals surface area contributed by atoms with Crippen molar-refractivity contribution in [2.45, 2.75) is 12.5 Å². The third kappa shape index (κ3) is 6.86. The molecule has 0 bridgehead atoms. The molecule has 0 heterocycles. The van der Waals surface area contributed by atoms with Gasteiger partial charge in [-0.25, -0.2) is 0 Å². The predicted molar refractivity (Wildman–Crippen MR) is 56.4 cm³/mol. The van der Waals surface area contributed by atoms with Gasteiger partial charge in [0, 0.05) is 13.1 Å². The molecule has 0 unspecified atom stereocenters.